The van der Waals surface area contributed by atoms with E-state index in [0.29, 0.717) is 5.75 Å². The lowest BCUT2D eigenvalue weighted by Gasteiger charge is -2.19. The van der Waals surface area contributed by atoms with Gasteiger partial charge in [0.25, 0.3) is 0 Å². The molecule has 0 aliphatic heterocycles. The summed E-state index contributed by atoms with van der Waals surface area (Å²) in [6, 6.07) is 5.88. The molecule has 2 aromatic rings. The summed E-state index contributed by atoms with van der Waals surface area (Å²) in [5.41, 5.74) is 2.00. The van der Waals surface area contributed by atoms with Crippen LogP contribution >= 0.6 is 0 Å². The number of aromatic nitrogens is 2. The van der Waals surface area contributed by atoms with E-state index in [9.17, 15) is 0 Å². The lowest BCUT2D eigenvalue weighted by Crippen LogP contribution is -2.22. The molecule has 0 radical (unpaired) electrons. The van der Waals surface area contributed by atoms with Gasteiger partial charge in [0, 0.05) is 12.4 Å². The van der Waals surface area contributed by atoms with Gasteiger partial charge in [0.15, 0.2) is 0 Å². The minimum atomic E-state index is -1.77. The normalized spacial score (nSPS) is 9.82. The molecule has 122 valence electrons. The second kappa shape index (κ2) is 9.97. The number of nitrogens with zero attached hydrogens (tertiary/aromatic N) is 1. The third-order valence-corrected chi connectivity index (χ3v) is 2.95. The van der Waals surface area contributed by atoms with Crippen molar-refractivity contribution in [1.29, 1.82) is 0 Å². The maximum atomic E-state index is 8.95. The summed E-state index contributed by atoms with van der Waals surface area (Å²) in [5, 5.41) is 17.9. The molecule has 0 spiro atoms. The Kier molecular flexibility index (Phi) is 9.13. The molecule has 0 saturated carbocycles. The lowest BCUT2D eigenvalue weighted by molar-refractivity contribution is 0.285. The third kappa shape index (κ3) is 6.28. The molecule has 0 amide bonds. The van der Waals surface area contributed by atoms with Crippen LogP contribution in [0, 0.1) is 0 Å². The first-order chi connectivity index (χ1) is 9.93. The van der Waals surface area contributed by atoms with Crippen LogP contribution < -0.4 is 4.65 Å². The Morgan fingerprint density at radius 2 is 1.64 bits per heavy atom. The average Bonchev–Trinajstić information content (AvgIpc) is 2.96. The van der Waals surface area contributed by atoms with E-state index in [2.05, 4.69) is 37.7 Å². The van der Waals surface area contributed by atoms with Gasteiger partial charge in [-0.2, -0.15) is 0 Å². The average molecular weight is 310 g/mol. The fourth-order valence-corrected chi connectivity index (χ4v) is 1.94. The predicted octanol–water partition coefficient (Wildman–Crippen LogP) is 2.84. The summed E-state index contributed by atoms with van der Waals surface area (Å²) in [6.45, 7) is 8.21. The highest BCUT2D eigenvalue weighted by atomic mass is 19.0. The summed E-state index contributed by atoms with van der Waals surface area (Å²) in [7, 11) is -1.77. The summed E-state index contributed by atoms with van der Waals surface area (Å²) < 4.78 is 5.11. The lowest BCUT2D eigenvalue weighted by atomic mass is 9.93. The van der Waals surface area contributed by atoms with Gasteiger partial charge in [-0.1, -0.05) is 45.9 Å². The maximum Gasteiger partial charge on any atom is 0.707 e. The fourth-order valence-electron chi connectivity index (χ4n) is 1.94. The third-order valence-electron chi connectivity index (χ3n) is 2.95. The van der Waals surface area contributed by atoms with E-state index < -0.39 is 7.32 Å². The van der Waals surface area contributed by atoms with Crippen molar-refractivity contribution in [3.63, 3.8) is 0 Å². The molecule has 7 heteroatoms. The fraction of sp³-hybridized carbons (Fsp3) is 0.400. The van der Waals surface area contributed by atoms with Gasteiger partial charge in [-0.05, 0) is 23.0 Å². The molecule has 0 aliphatic carbocycles. The standard InChI is InChI=1S/C12H19BO3.C3H4N2.FH/c1-8(2)10-6-5-7-11(9(3)4)12(10)16-13(14)15;1-2-5-3-4-1;/h5-9,14-15H,1-4H3;1-3H,(H,4,5);1H. The van der Waals surface area contributed by atoms with E-state index in [1.54, 1.807) is 18.7 Å². The van der Waals surface area contributed by atoms with Crippen molar-refractivity contribution < 1.29 is 19.4 Å². The number of hydrogen-bond donors (Lipinski definition) is 3. The Labute approximate surface area is 130 Å². The first-order valence-corrected chi connectivity index (χ1v) is 7.01. The minimum Gasteiger partial charge on any atom is -0.512 e. The van der Waals surface area contributed by atoms with Crippen LogP contribution in [0.1, 0.15) is 50.7 Å². The molecule has 0 bridgehead atoms. The van der Waals surface area contributed by atoms with Crippen LogP contribution in [0.15, 0.2) is 36.9 Å². The molecule has 0 saturated heterocycles. The van der Waals surface area contributed by atoms with E-state index in [0.717, 1.165) is 11.1 Å². The zero-order chi connectivity index (χ0) is 15.8. The van der Waals surface area contributed by atoms with Gasteiger partial charge in [-0.25, -0.2) is 4.98 Å². The largest absolute Gasteiger partial charge is 0.707 e. The van der Waals surface area contributed by atoms with Crippen LogP contribution in [0.2, 0.25) is 0 Å². The Hall–Kier alpha value is -1.86. The van der Waals surface area contributed by atoms with Crippen molar-refractivity contribution in [2.24, 2.45) is 0 Å². The van der Waals surface area contributed by atoms with Crippen molar-refractivity contribution in [2.75, 3.05) is 0 Å². The van der Waals surface area contributed by atoms with Gasteiger partial charge in [0.1, 0.15) is 5.75 Å². The van der Waals surface area contributed by atoms with E-state index >= 15 is 0 Å². The molecule has 1 aromatic heterocycles. The van der Waals surface area contributed by atoms with Crippen molar-refractivity contribution >= 4 is 7.32 Å². The first-order valence-electron chi connectivity index (χ1n) is 7.01. The highest BCUT2D eigenvalue weighted by molar-refractivity contribution is 6.33. The highest BCUT2D eigenvalue weighted by Gasteiger charge is 2.20. The number of imidazole rings is 1. The second-order valence-electron chi connectivity index (χ2n) is 5.28. The Bertz CT molecular complexity index is 476. The number of H-pyrrole nitrogens is 1. The van der Waals surface area contributed by atoms with Crippen LogP contribution in [-0.4, -0.2) is 27.3 Å². The zero-order valence-electron chi connectivity index (χ0n) is 13.4. The van der Waals surface area contributed by atoms with Crippen LogP contribution in [0.5, 0.6) is 5.75 Å². The van der Waals surface area contributed by atoms with Gasteiger partial charge >= 0.3 is 7.32 Å². The molecule has 22 heavy (non-hydrogen) atoms. The van der Waals surface area contributed by atoms with Gasteiger partial charge in [0.05, 0.1) is 6.33 Å². The molecule has 0 atom stereocenters. The Balaban J connectivity index is 0.000000622. The Morgan fingerprint density at radius 3 is 1.91 bits per heavy atom. The number of nitrogens with one attached hydrogen (secondary N) is 1. The molecule has 1 heterocycles. The molecule has 0 aliphatic rings. The minimum absolute atomic E-state index is 0. The monoisotopic (exact) mass is 310 g/mol. The van der Waals surface area contributed by atoms with Crippen molar-refractivity contribution in [3.8, 4) is 5.75 Å². The number of benzene rings is 1. The predicted molar refractivity (Wildman–Crippen MR) is 86.5 cm³/mol. The van der Waals surface area contributed by atoms with E-state index in [-0.39, 0.29) is 16.5 Å². The number of aromatic amines is 1. The molecular weight excluding hydrogens is 286 g/mol. The Morgan fingerprint density at radius 1 is 1.09 bits per heavy atom. The SMILES string of the molecule is CC(C)c1cccc(C(C)C)c1OB(O)O.F.c1c[nH]cn1. The molecule has 2 rings (SSSR count). The summed E-state index contributed by atoms with van der Waals surface area (Å²) >= 11 is 0. The van der Waals surface area contributed by atoms with E-state index in [4.69, 9.17) is 14.7 Å². The number of hydrogen-bond acceptors (Lipinski definition) is 4. The van der Waals surface area contributed by atoms with E-state index in [1.807, 2.05) is 18.2 Å². The van der Waals surface area contributed by atoms with Gasteiger partial charge in [0.2, 0.25) is 0 Å². The maximum absolute atomic E-state index is 8.95. The second-order valence-corrected chi connectivity index (χ2v) is 5.28. The van der Waals surface area contributed by atoms with Crippen molar-refractivity contribution in [2.45, 2.75) is 39.5 Å². The molecule has 0 fully saturated rings. The molecule has 0 unspecified atom stereocenters. The summed E-state index contributed by atoms with van der Waals surface area (Å²) in [5.74, 6) is 1.17. The summed E-state index contributed by atoms with van der Waals surface area (Å²) in [6.07, 6.45) is 5.08. The van der Waals surface area contributed by atoms with Crippen molar-refractivity contribution in [3.05, 3.63) is 48.0 Å². The molecule has 5 nitrogen and oxygen atoms in total. The first kappa shape index (κ1) is 20.1. The van der Waals surface area contributed by atoms with Crippen LogP contribution in [-0.2, 0) is 0 Å². The zero-order valence-corrected chi connectivity index (χ0v) is 13.4. The number of para-hydroxylation sites is 1. The van der Waals surface area contributed by atoms with Crippen LogP contribution in [0.3, 0.4) is 0 Å². The quantitative estimate of drug-likeness (QED) is 0.759. The van der Waals surface area contributed by atoms with Crippen molar-refractivity contribution in [1.82, 2.24) is 9.97 Å². The molecule has 1 aromatic carbocycles. The molecular formula is C15H24BFN2O3. The summed E-state index contributed by atoms with van der Waals surface area (Å²) in [4.78, 5) is 6.42. The van der Waals surface area contributed by atoms with Gasteiger partial charge < -0.3 is 19.7 Å². The van der Waals surface area contributed by atoms with E-state index in [1.165, 1.54) is 0 Å². The van der Waals surface area contributed by atoms with Crippen LogP contribution in [0.4, 0.5) is 4.70 Å². The van der Waals surface area contributed by atoms with Gasteiger partial charge in [-0.15, -0.1) is 0 Å². The topological polar surface area (TPSA) is 78.4 Å². The highest BCUT2D eigenvalue weighted by Crippen LogP contribution is 2.34. The number of rotatable bonds is 4. The smallest absolute Gasteiger partial charge is 0.512 e. The van der Waals surface area contributed by atoms with Gasteiger partial charge in [-0.3, -0.25) is 4.70 Å². The molecule has 3 N–H and O–H groups in total. The van der Waals surface area contributed by atoms with Crippen LogP contribution in [0.25, 0.3) is 0 Å². The number of halogens is 1.